The minimum absolute atomic E-state index is 0.0168. The van der Waals surface area contributed by atoms with Crippen LogP contribution < -0.4 is 5.32 Å². The smallest absolute Gasteiger partial charge is 0.340 e. The number of hydrogen-bond donors (Lipinski definition) is 1. The molecule has 3 rings (SSSR count). The Hall–Kier alpha value is -1.92. The largest absolute Gasteiger partial charge is 0.451 e. The lowest BCUT2D eigenvalue weighted by atomic mass is 9.92. The summed E-state index contributed by atoms with van der Waals surface area (Å²) >= 11 is 0. The Morgan fingerprint density at radius 2 is 2.04 bits per heavy atom. The molecule has 24 heavy (non-hydrogen) atoms. The predicted octanol–water partition coefficient (Wildman–Crippen LogP) is 1.54. The van der Waals surface area contributed by atoms with E-state index in [-0.39, 0.29) is 11.9 Å². The van der Waals surface area contributed by atoms with Crippen molar-refractivity contribution in [3.8, 4) is 0 Å². The molecule has 0 saturated carbocycles. The first-order valence-electron chi connectivity index (χ1n) is 8.36. The van der Waals surface area contributed by atoms with Crippen LogP contribution in [0.25, 0.3) is 0 Å². The van der Waals surface area contributed by atoms with Crippen LogP contribution in [0, 0.1) is 0 Å². The number of fused-ring (bicyclic) bond motifs is 1. The molecule has 0 aliphatic carbocycles. The van der Waals surface area contributed by atoms with Crippen LogP contribution in [0.15, 0.2) is 18.2 Å². The fraction of sp³-hybridized carbons (Fsp3) is 0.556. The molecule has 0 aromatic heterocycles. The van der Waals surface area contributed by atoms with E-state index in [1.54, 1.807) is 12.1 Å². The van der Waals surface area contributed by atoms with E-state index in [0.29, 0.717) is 11.1 Å². The van der Waals surface area contributed by atoms with Crippen LogP contribution in [0.4, 0.5) is 0 Å². The Morgan fingerprint density at radius 1 is 1.33 bits per heavy atom. The second kappa shape index (κ2) is 6.53. The van der Waals surface area contributed by atoms with Gasteiger partial charge < -0.3 is 14.8 Å². The number of hydrogen-bond acceptors (Lipinski definition) is 5. The molecule has 1 fully saturated rings. The number of nitrogens with zero attached hydrogens (tertiary/aromatic N) is 1. The Kier molecular flexibility index (Phi) is 4.60. The van der Waals surface area contributed by atoms with Gasteiger partial charge in [0.15, 0.2) is 0 Å². The van der Waals surface area contributed by atoms with Gasteiger partial charge >= 0.3 is 5.97 Å². The number of morpholine rings is 1. The second-order valence-corrected chi connectivity index (χ2v) is 6.92. The van der Waals surface area contributed by atoms with Gasteiger partial charge in [-0.25, -0.2) is 4.79 Å². The van der Waals surface area contributed by atoms with E-state index in [0.717, 1.165) is 38.4 Å². The van der Waals surface area contributed by atoms with Crippen molar-refractivity contribution in [3.63, 3.8) is 0 Å². The number of nitrogens with one attached hydrogen (secondary N) is 1. The number of cyclic esters (lactones) is 1. The van der Waals surface area contributed by atoms with E-state index in [1.165, 1.54) is 0 Å². The Morgan fingerprint density at radius 3 is 2.75 bits per heavy atom. The zero-order valence-electron chi connectivity index (χ0n) is 14.4. The first-order valence-corrected chi connectivity index (χ1v) is 8.36. The van der Waals surface area contributed by atoms with Crippen molar-refractivity contribution >= 4 is 11.9 Å². The summed E-state index contributed by atoms with van der Waals surface area (Å²) < 4.78 is 10.7. The van der Waals surface area contributed by atoms with Gasteiger partial charge in [0.05, 0.1) is 24.3 Å². The van der Waals surface area contributed by atoms with Gasteiger partial charge in [-0.15, -0.1) is 0 Å². The molecule has 0 radical (unpaired) electrons. The Bertz CT molecular complexity index is 650. The molecule has 1 aromatic rings. The highest BCUT2D eigenvalue weighted by atomic mass is 16.6. The van der Waals surface area contributed by atoms with E-state index >= 15 is 0 Å². The van der Waals surface area contributed by atoms with Gasteiger partial charge in [0, 0.05) is 31.2 Å². The molecule has 0 bridgehead atoms. The number of carbonyl (C=O) groups is 2. The summed E-state index contributed by atoms with van der Waals surface area (Å²) in [6.45, 7) is 9.61. The van der Waals surface area contributed by atoms with Gasteiger partial charge in [0.1, 0.15) is 5.60 Å². The summed E-state index contributed by atoms with van der Waals surface area (Å²) in [5.41, 5.74) is 0.846. The van der Waals surface area contributed by atoms with E-state index in [9.17, 15) is 9.59 Å². The lowest BCUT2D eigenvalue weighted by Crippen LogP contribution is -2.46. The summed E-state index contributed by atoms with van der Waals surface area (Å²) in [5, 5.41) is 2.99. The predicted molar refractivity (Wildman–Crippen MR) is 89.1 cm³/mol. The highest BCUT2D eigenvalue weighted by Gasteiger charge is 2.40. The van der Waals surface area contributed by atoms with E-state index in [4.69, 9.17) is 9.47 Å². The van der Waals surface area contributed by atoms with E-state index in [2.05, 4.69) is 10.2 Å². The monoisotopic (exact) mass is 332 g/mol. The highest BCUT2D eigenvalue weighted by Crippen LogP contribution is 2.37. The standard InChI is InChI=1S/C18H24N2O4/c1-12(11-20-7-9-23-10-8-20)19-16(21)13-5-4-6-14-15(13)17(22)24-18(14,2)3/h4-6,12H,7-11H2,1-3H3,(H,19,21)/t12-/m0/s1. The maximum absolute atomic E-state index is 12.7. The van der Waals surface area contributed by atoms with Crippen LogP contribution in [-0.4, -0.2) is 55.7 Å². The first kappa shape index (κ1) is 16.9. The molecule has 1 amide bonds. The van der Waals surface area contributed by atoms with Gasteiger partial charge in [-0.3, -0.25) is 9.69 Å². The fourth-order valence-corrected chi connectivity index (χ4v) is 3.32. The lowest BCUT2D eigenvalue weighted by Gasteiger charge is -2.29. The summed E-state index contributed by atoms with van der Waals surface area (Å²) in [7, 11) is 0. The van der Waals surface area contributed by atoms with Crippen molar-refractivity contribution in [2.24, 2.45) is 0 Å². The zero-order valence-corrected chi connectivity index (χ0v) is 14.4. The van der Waals surface area contributed by atoms with Crippen molar-refractivity contribution in [1.29, 1.82) is 0 Å². The number of amides is 1. The molecule has 1 N–H and O–H groups in total. The number of ether oxygens (including phenoxy) is 2. The van der Waals surface area contributed by atoms with Crippen molar-refractivity contribution < 1.29 is 19.1 Å². The lowest BCUT2D eigenvalue weighted by molar-refractivity contribution is 0.00944. The fourth-order valence-electron chi connectivity index (χ4n) is 3.32. The molecule has 0 spiro atoms. The van der Waals surface area contributed by atoms with E-state index in [1.807, 2.05) is 26.8 Å². The normalized spacial score (nSPS) is 21.0. The molecule has 0 unspecified atom stereocenters. The molecule has 2 aliphatic rings. The number of carbonyl (C=O) groups excluding carboxylic acids is 2. The van der Waals surface area contributed by atoms with Crippen LogP contribution in [-0.2, 0) is 15.1 Å². The molecule has 1 saturated heterocycles. The molecule has 6 nitrogen and oxygen atoms in total. The van der Waals surface area contributed by atoms with Crippen LogP contribution in [0.2, 0.25) is 0 Å². The summed E-state index contributed by atoms with van der Waals surface area (Å²) in [6.07, 6.45) is 0. The molecule has 1 aromatic carbocycles. The molecule has 2 aliphatic heterocycles. The topological polar surface area (TPSA) is 67.9 Å². The van der Waals surface area contributed by atoms with Gasteiger partial charge in [-0.05, 0) is 26.8 Å². The third-order valence-corrected chi connectivity index (χ3v) is 4.52. The molecule has 1 atom stereocenters. The quantitative estimate of drug-likeness (QED) is 0.847. The number of rotatable bonds is 4. The summed E-state index contributed by atoms with van der Waals surface area (Å²) in [4.78, 5) is 27.1. The average Bonchev–Trinajstić information content (AvgIpc) is 2.77. The zero-order chi connectivity index (χ0) is 17.3. The molecule has 130 valence electrons. The second-order valence-electron chi connectivity index (χ2n) is 6.92. The van der Waals surface area contributed by atoms with Gasteiger partial charge in [0.2, 0.25) is 0 Å². The highest BCUT2D eigenvalue weighted by molar-refractivity contribution is 6.08. The first-order chi connectivity index (χ1) is 11.4. The maximum atomic E-state index is 12.7. The van der Waals surface area contributed by atoms with Gasteiger partial charge in [0.25, 0.3) is 5.91 Å². The van der Waals surface area contributed by atoms with Crippen molar-refractivity contribution in [2.75, 3.05) is 32.8 Å². The minimum Gasteiger partial charge on any atom is -0.451 e. The van der Waals surface area contributed by atoms with Gasteiger partial charge in [-0.1, -0.05) is 12.1 Å². The third-order valence-electron chi connectivity index (χ3n) is 4.52. The maximum Gasteiger partial charge on any atom is 0.340 e. The minimum atomic E-state index is -0.692. The molecule has 2 heterocycles. The average molecular weight is 332 g/mol. The molecule has 6 heteroatoms. The van der Waals surface area contributed by atoms with Crippen molar-refractivity contribution in [3.05, 3.63) is 34.9 Å². The van der Waals surface area contributed by atoms with Crippen LogP contribution in [0.3, 0.4) is 0 Å². The number of benzene rings is 1. The summed E-state index contributed by atoms with van der Waals surface area (Å²) in [5.74, 6) is -0.663. The third kappa shape index (κ3) is 3.30. The molecular formula is C18H24N2O4. The van der Waals surface area contributed by atoms with Crippen molar-refractivity contribution in [2.45, 2.75) is 32.4 Å². The van der Waals surface area contributed by atoms with Crippen LogP contribution >= 0.6 is 0 Å². The van der Waals surface area contributed by atoms with Crippen LogP contribution in [0.1, 0.15) is 47.1 Å². The SMILES string of the molecule is C[C@@H](CN1CCOCC1)NC(=O)c1cccc2c1C(=O)OC2(C)C. The van der Waals surface area contributed by atoms with Crippen LogP contribution in [0.5, 0.6) is 0 Å². The van der Waals surface area contributed by atoms with Gasteiger partial charge in [-0.2, -0.15) is 0 Å². The van der Waals surface area contributed by atoms with Crippen molar-refractivity contribution in [1.82, 2.24) is 10.2 Å². The molecular weight excluding hydrogens is 308 g/mol. The number of esters is 1. The summed E-state index contributed by atoms with van der Waals surface area (Å²) in [6, 6.07) is 5.30. The van der Waals surface area contributed by atoms with E-state index < -0.39 is 11.6 Å². The Balaban J connectivity index is 1.72. The Labute approximate surface area is 142 Å².